The van der Waals surface area contributed by atoms with E-state index in [9.17, 15) is 4.79 Å². The number of nitriles is 1. The van der Waals surface area contributed by atoms with E-state index < -0.39 is 5.97 Å². The molecule has 0 aliphatic heterocycles. The van der Waals surface area contributed by atoms with Crippen LogP contribution in [0.3, 0.4) is 0 Å². The molecule has 0 unspecified atom stereocenters. The Kier molecular flexibility index (Phi) is 3.55. The van der Waals surface area contributed by atoms with Gasteiger partial charge in [-0.15, -0.1) is 11.8 Å². The van der Waals surface area contributed by atoms with Crippen molar-refractivity contribution in [1.82, 2.24) is 0 Å². The van der Waals surface area contributed by atoms with Gasteiger partial charge in [-0.1, -0.05) is 0 Å². The van der Waals surface area contributed by atoms with Crippen molar-refractivity contribution in [2.24, 2.45) is 0 Å². The van der Waals surface area contributed by atoms with Gasteiger partial charge in [0.1, 0.15) is 0 Å². The SMILES string of the molecule is CSc1cc(CC#N)cc(C(=O)O)c1. The Morgan fingerprint density at radius 2 is 2.29 bits per heavy atom. The summed E-state index contributed by atoms with van der Waals surface area (Å²) in [6.45, 7) is 0. The molecule has 0 bridgehead atoms. The molecule has 14 heavy (non-hydrogen) atoms. The van der Waals surface area contributed by atoms with Crippen molar-refractivity contribution in [3.05, 3.63) is 29.3 Å². The molecule has 0 radical (unpaired) electrons. The molecular weight excluding hydrogens is 198 g/mol. The van der Waals surface area contributed by atoms with E-state index >= 15 is 0 Å². The molecule has 0 aliphatic rings. The lowest BCUT2D eigenvalue weighted by molar-refractivity contribution is 0.0696. The summed E-state index contributed by atoms with van der Waals surface area (Å²) in [7, 11) is 0. The fourth-order valence-corrected chi connectivity index (χ4v) is 1.61. The van der Waals surface area contributed by atoms with Crippen molar-refractivity contribution >= 4 is 17.7 Å². The van der Waals surface area contributed by atoms with Crippen molar-refractivity contribution in [3.63, 3.8) is 0 Å². The summed E-state index contributed by atoms with van der Waals surface area (Å²) in [6, 6.07) is 6.97. The smallest absolute Gasteiger partial charge is 0.335 e. The number of carboxylic acid groups (broad SMARTS) is 1. The first-order chi connectivity index (χ1) is 6.67. The molecule has 1 rings (SSSR count). The minimum Gasteiger partial charge on any atom is -0.478 e. The topological polar surface area (TPSA) is 61.1 Å². The minimum absolute atomic E-state index is 0.238. The minimum atomic E-state index is -0.958. The molecule has 1 N–H and O–H groups in total. The van der Waals surface area contributed by atoms with Crippen LogP contribution in [-0.4, -0.2) is 17.3 Å². The van der Waals surface area contributed by atoms with Crippen LogP contribution < -0.4 is 0 Å². The second kappa shape index (κ2) is 4.68. The summed E-state index contributed by atoms with van der Waals surface area (Å²) in [4.78, 5) is 11.6. The third-order valence-corrected chi connectivity index (χ3v) is 2.44. The fourth-order valence-electron chi connectivity index (χ4n) is 1.10. The van der Waals surface area contributed by atoms with Crippen LogP contribution in [-0.2, 0) is 6.42 Å². The van der Waals surface area contributed by atoms with E-state index in [1.54, 1.807) is 6.07 Å². The molecule has 72 valence electrons. The molecule has 0 heterocycles. The van der Waals surface area contributed by atoms with Crippen LogP contribution in [0.4, 0.5) is 0 Å². The Bertz CT molecular complexity index is 396. The highest BCUT2D eigenvalue weighted by Crippen LogP contribution is 2.19. The quantitative estimate of drug-likeness (QED) is 0.771. The van der Waals surface area contributed by atoms with E-state index in [2.05, 4.69) is 0 Å². The summed E-state index contributed by atoms with van der Waals surface area (Å²) in [6.07, 6.45) is 2.12. The van der Waals surface area contributed by atoms with Crippen LogP contribution in [0.2, 0.25) is 0 Å². The maximum Gasteiger partial charge on any atom is 0.335 e. The lowest BCUT2D eigenvalue weighted by atomic mass is 10.1. The number of nitrogens with zero attached hydrogens (tertiary/aromatic N) is 1. The van der Waals surface area contributed by atoms with Gasteiger partial charge in [0.15, 0.2) is 0 Å². The van der Waals surface area contributed by atoms with Crippen LogP contribution in [0.25, 0.3) is 0 Å². The molecule has 0 aromatic heterocycles. The molecule has 0 aliphatic carbocycles. The highest BCUT2D eigenvalue weighted by molar-refractivity contribution is 7.98. The van der Waals surface area contributed by atoms with Crippen LogP contribution >= 0.6 is 11.8 Å². The van der Waals surface area contributed by atoms with E-state index in [4.69, 9.17) is 10.4 Å². The molecule has 0 amide bonds. The summed E-state index contributed by atoms with van der Waals surface area (Å²) >= 11 is 1.47. The van der Waals surface area contributed by atoms with Crippen LogP contribution in [0.5, 0.6) is 0 Å². The Balaban J connectivity index is 3.14. The molecule has 0 fully saturated rings. The maximum absolute atomic E-state index is 10.7. The highest BCUT2D eigenvalue weighted by atomic mass is 32.2. The molecule has 1 aromatic rings. The number of carbonyl (C=O) groups is 1. The van der Waals surface area contributed by atoms with Crippen LogP contribution in [0.1, 0.15) is 15.9 Å². The highest BCUT2D eigenvalue weighted by Gasteiger charge is 2.06. The van der Waals surface area contributed by atoms with Gasteiger partial charge in [-0.3, -0.25) is 0 Å². The van der Waals surface area contributed by atoms with Gasteiger partial charge in [-0.25, -0.2) is 4.79 Å². The zero-order valence-corrected chi connectivity index (χ0v) is 8.47. The first-order valence-corrected chi connectivity index (χ1v) is 5.18. The normalized spacial score (nSPS) is 9.43. The van der Waals surface area contributed by atoms with Gasteiger partial charge in [-0.05, 0) is 30.0 Å². The van der Waals surface area contributed by atoms with Gasteiger partial charge in [0.2, 0.25) is 0 Å². The number of thioether (sulfide) groups is 1. The molecule has 0 saturated heterocycles. The number of hydrogen-bond donors (Lipinski definition) is 1. The van der Waals surface area contributed by atoms with Gasteiger partial charge in [0.25, 0.3) is 0 Å². The van der Waals surface area contributed by atoms with E-state index in [0.29, 0.717) is 0 Å². The zero-order valence-electron chi connectivity index (χ0n) is 7.65. The van der Waals surface area contributed by atoms with E-state index in [-0.39, 0.29) is 12.0 Å². The van der Waals surface area contributed by atoms with Gasteiger partial charge in [0.05, 0.1) is 18.1 Å². The first kappa shape index (κ1) is 10.6. The van der Waals surface area contributed by atoms with E-state index in [1.807, 2.05) is 18.4 Å². The third-order valence-electron chi connectivity index (χ3n) is 1.73. The molecule has 0 saturated carbocycles. The fraction of sp³-hybridized carbons (Fsp3) is 0.200. The van der Waals surface area contributed by atoms with Gasteiger partial charge in [0, 0.05) is 4.90 Å². The number of aromatic carboxylic acids is 1. The van der Waals surface area contributed by atoms with Crippen molar-refractivity contribution in [1.29, 1.82) is 5.26 Å². The van der Waals surface area contributed by atoms with E-state index in [0.717, 1.165) is 10.5 Å². The summed E-state index contributed by atoms with van der Waals surface area (Å²) < 4.78 is 0. The Hall–Kier alpha value is -1.47. The summed E-state index contributed by atoms with van der Waals surface area (Å²) in [5.74, 6) is -0.958. The van der Waals surface area contributed by atoms with Crippen molar-refractivity contribution < 1.29 is 9.90 Å². The van der Waals surface area contributed by atoms with Gasteiger partial charge < -0.3 is 5.11 Å². The number of carboxylic acids is 1. The Labute approximate surface area is 86.4 Å². The summed E-state index contributed by atoms with van der Waals surface area (Å²) in [5.41, 5.74) is 0.985. The third kappa shape index (κ3) is 2.51. The standard InChI is InChI=1S/C10H9NO2S/c1-14-9-5-7(2-3-11)4-8(6-9)10(12)13/h4-6H,2H2,1H3,(H,12,13). The lowest BCUT2D eigenvalue weighted by Crippen LogP contribution is -1.98. The maximum atomic E-state index is 10.7. The van der Waals surface area contributed by atoms with Gasteiger partial charge in [-0.2, -0.15) is 5.26 Å². The van der Waals surface area contributed by atoms with Gasteiger partial charge >= 0.3 is 5.97 Å². The second-order valence-corrected chi connectivity index (χ2v) is 3.59. The van der Waals surface area contributed by atoms with Crippen molar-refractivity contribution in [2.75, 3.05) is 6.26 Å². The predicted molar refractivity (Wildman–Crippen MR) is 54.5 cm³/mol. The second-order valence-electron chi connectivity index (χ2n) is 2.71. The average molecular weight is 207 g/mol. The van der Waals surface area contributed by atoms with Crippen LogP contribution in [0.15, 0.2) is 23.1 Å². The molecule has 0 atom stereocenters. The predicted octanol–water partition coefficient (Wildman–Crippen LogP) is 2.17. The Morgan fingerprint density at radius 1 is 1.57 bits per heavy atom. The first-order valence-electron chi connectivity index (χ1n) is 3.95. The monoisotopic (exact) mass is 207 g/mol. The molecular formula is C10H9NO2S. The molecule has 0 spiro atoms. The van der Waals surface area contributed by atoms with E-state index in [1.165, 1.54) is 17.8 Å². The zero-order chi connectivity index (χ0) is 10.6. The molecule has 3 nitrogen and oxygen atoms in total. The Morgan fingerprint density at radius 3 is 2.79 bits per heavy atom. The number of benzene rings is 1. The largest absolute Gasteiger partial charge is 0.478 e. The molecule has 4 heteroatoms. The lowest BCUT2D eigenvalue weighted by Gasteiger charge is -2.02. The summed E-state index contributed by atoms with van der Waals surface area (Å²) in [5, 5.41) is 17.3. The van der Waals surface area contributed by atoms with Crippen molar-refractivity contribution in [2.45, 2.75) is 11.3 Å². The number of rotatable bonds is 3. The molecule has 1 aromatic carbocycles. The van der Waals surface area contributed by atoms with Crippen LogP contribution in [0, 0.1) is 11.3 Å². The average Bonchev–Trinajstić information content (AvgIpc) is 2.17. The number of hydrogen-bond acceptors (Lipinski definition) is 3. The van der Waals surface area contributed by atoms with Crippen molar-refractivity contribution in [3.8, 4) is 6.07 Å².